The summed E-state index contributed by atoms with van der Waals surface area (Å²) in [6, 6.07) is 19.0. The first-order valence-electron chi connectivity index (χ1n) is 11.7. The quantitative estimate of drug-likeness (QED) is 0.439. The number of para-hydroxylation sites is 1. The van der Waals surface area contributed by atoms with Crippen molar-refractivity contribution in [1.82, 2.24) is 15.1 Å². The van der Waals surface area contributed by atoms with E-state index in [1.807, 2.05) is 78.3 Å². The van der Waals surface area contributed by atoms with Crippen molar-refractivity contribution in [3.8, 4) is 17.1 Å². The maximum atomic E-state index is 13.8. The Morgan fingerprint density at radius 2 is 1.92 bits per heavy atom. The third-order valence-corrected chi connectivity index (χ3v) is 6.93. The highest BCUT2D eigenvalue weighted by molar-refractivity contribution is 7.08. The first-order chi connectivity index (χ1) is 17.6. The molecule has 36 heavy (non-hydrogen) atoms. The molecule has 0 saturated heterocycles. The van der Waals surface area contributed by atoms with Crippen LogP contribution in [0.3, 0.4) is 0 Å². The van der Waals surface area contributed by atoms with Crippen LogP contribution in [0.2, 0.25) is 0 Å². The number of nitrogens with zero attached hydrogens (tertiary/aromatic N) is 3. The molecule has 4 heterocycles. The normalized spacial score (nSPS) is 18.7. The molecule has 2 amide bonds. The lowest BCUT2D eigenvalue weighted by Gasteiger charge is -2.22. The monoisotopic (exact) mass is 497 g/mol. The molecule has 9 heteroatoms. The Labute approximate surface area is 211 Å². The molecule has 2 aliphatic rings. The Morgan fingerprint density at radius 3 is 2.72 bits per heavy atom. The van der Waals surface area contributed by atoms with Gasteiger partial charge >= 0.3 is 0 Å². The van der Waals surface area contributed by atoms with Crippen LogP contribution in [0.25, 0.3) is 11.3 Å². The van der Waals surface area contributed by atoms with Crippen molar-refractivity contribution in [3.63, 3.8) is 0 Å². The number of ether oxygens (including phenoxy) is 1. The summed E-state index contributed by atoms with van der Waals surface area (Å²) in [5, 5.41) is 14.3. The number of amides is 2. The Bertz CT molecular complexity index is 1480. The molecule has 2 aromatic carbocycles. The van der Waals surface area contributed by atoms with E-state index in [1.54, 1.807) is 4.68 Å². The molecule has 0 spiro atoms. The molecule has 2 aliphatic heterocycles. The standard InChI is InChI=1S/C27H23N5O3S/c1-16-11-13-32-27(35-16)21(23(31-32)18-12-14-36-15-18)25(33)30-24-26(34)28-20-10-6-5-9-19(20)22(29-24)17-7-3-2-4-8-17/h2-10,12,14-16,24H,11,13H2,1H3,(H,28,34)(H,30,33)/t16-,24-/m1/s1. The minimum Gasteiger partial charge on any atom is -0.474 e. The van der Waals surface area contributed by atoms with E-state index in [0.717, 1.165) is 23.1 Å². The molecule has 8 nitrogen and oxygen atoms in total. The summed E-state index contributed by atoms with van der Waals surface area (Å²) in [5.74, 6) is -0.472. The van der Waals surface area contributed by atoms with Crippen LogP contribution in [-0.2, 0) is 11.3 Å². The highest BCUT2D eigenvalue weighted by Crippen LogP contribution is 2.35. The van der Waals surface area contributed by atoms with Crippen LogP contribution in [0.1, 0.15) is 34.8 Å². The molecule has 2 N–H and O–H groups in total. The Morgan fingerprint density at radius 1 is 1.11 bits per heavy atom. The number of benzodiazepines with no additional fused rings is 1. The molecule has 2 atom stereocenters. The zero-order chi connectivity index (χ0) is 24.6. The lowest BCUT2D eigenvalue weighted by Crippen LogP contribution is -2.42. The molecule has 0 radical (unpaired) electrons. The van der Waals surface area contributed by atoms with Crippen LogP contribution in [0.5, 0.6) is 5.88 Å². The van der Waals surface area contributed by atoms with Crippen molar-refractivity contribution in [1.29, 1.82) is 0 Å². The van der Waals surface area contributed by atoms with Crippen LogP contribution in [0, 0.1) is 0 Å². The molecule has 4 aromatic rings. The van der Waals surface area contributed by atoms with Gasteiger partial charge < -0.3 is 15.4 Å². The van der Waals surface area contributed by atoms with Crippen molar-refractivity contribution >= 4 is 34.6 Å². The fourth-order valence-corrected chi connectivity index (χ4v) is 5.10. The number of hydrogen-bond acceptors (Lipinski definition) is 6. The van der Waals surface area contributed by atoms with Gasteiger partial charge in [0.15, 0.2) is 0 Å². The van der Waals surface area contributed by atoms with Gasteiger partial charge in [0.25, 0.3) is 11.8 Å². The predicted molar refractivity (Wildman–Crippen MR) is 139 cm³/mol. The first kappa shape index (κ1) is 22.2. The van der Waals surface area contributed by atoms with Gasteiger partial charge in [-0.1, -0.05) is 48.5 Å². The van der Waals surface area contributed by atoms with Crippen LogP contribution in [0.15, 0.2) is 76.4 Å². The van der Waals surface area contributed by atoms with Gasteiger partial charge in [-0.2, -0.15) is 16.4 Å². The molecule has 0 unspecified atom stereocenters. The number of anilines is 1. The van der Waals surface area contributed by atoms with E-state index >= 15 is 0 Å². The molecule has 6 rings (SSSR count). The van der Waals surface area contributed by atoms with E-state index in [9.17, 15) is 9.59 Å². The van der Waals surface area contributed by atoms with Crippen LogP contribution >= 0.6 is 11.3 Å². The number of hydrogen-bond donors (Lipinski definition) is 2. The van der Waals surface area contributed by atoms with Crippen molar-refractivity contribution in [2.24, 2.45) is 4.99 Å². The van der Waals surface area contributed by atoms with Gasteiger partial charge in [0.2, 0.25) is 12.0 Å². The maximum Gasteiger partial charge on any atom is 0.269 e. The van der Waals surface area contributed by atoms with Crippen molar-refractivity contribution < 1.29 is 14.3 Å². The van der Waals surface area contributed by atoms with Crippen molar-refractivity contribution in [3.05, 3.63) is 88.1 Å². The van der Waals surface area contributed by atoms with Gasteiger partial charge in [0.1, 0.15) is 11.3 Å². The predicted octanol–water partition coefficient (Wildman–Crippen LogP) is 4.33. The number of nitrogens with one attached hydrogen (secondary N) is 2. The number of rotatable bonds is 4. The summed E-state index contributed by atoms with van der Waals surface area (Å²) in [4.78, 5) is 31.7. The molecular formula is C27H23N5O3S. The minimum absolute atomic E-state index is 0.0468. The third kappa shape index (κ3) is 3.97. The number of aliphatic imine (C=N–C) groups is 1. The number of aromatic nitrogens is 2. The van der Waals surface area contributed by atoms with E-state index in [2.05, 4.69) is 15.7 Å². The average molecular weight is 498 g/mol. The fourth-order valence-electron chi connectivity index (χ4n) is 4.45. The second-order valence-corrected chi connectivity index (χ2v) is 9.52. The summed E-state index contributed by atoms with van der Waals surface area (Å²) in [5.41, 5.74) is 4.56. The number of benzene rings is 2. The van der Waals surface area contributed by atoms with E-state index in [4.69, 9.17) is 9.73 Å². The van der Waals surface area contributed by atoms with E-state index in [-0.39, 0.29) is 6.10 Å². The molecule has 2 aromatic heterocycles. The molecule has 0 aliphatic carbocycles. The SMILES string of the molecule is C[C@@H]1CCn2nc(-c3ccsc3)c(C(=O)N[C@H]3N=C(c4ccccc4)c4ccccc4NC3=O)c2O1. The zero-order valence-corrected chi connectivity index (χ0v) is 20.3. The molecule has 180 valence electrons. The molecule has 0 fully saturated rings. The maximum absolute atomic E-state index is 13.8. The summed E-state index contributed by atoms with van der Waals surface area (Å²) < 4.78 is 7.78. The summed E-state index contributed by atoms with van der Waals surface area (Å²) in [6.45, 7) is 2.62. The van der Waals surface area contributed by atoms with Gasteiger partial charge in [-0.15, -0.1) is 0 Å². The largest absolute Gasteiger partial charge is 0.474 e. The smallest absolute Gasteiger partial charge is 0.269 e. The van der Waals surface area contributed by atoms with Gasteiger partial charge in [0, 0.05) is 35.0 Å². The number of carbonyl (C=O) groups is 2. The van der Waals surface area contributed by atoms with Crippen LogP contribution < -0.4 is 15.4 Å². The van der Waals surface area contributed by atoms with Gasteiger partial charge in [-0.25, -0.2) is 9.67 Å². The topological polar surface area (TPSA) is 97.6 Å². The highest BCUT2D eigenvalue weighted by atomic mass is 32.1. The Hall–Kier alpha value is -4.24. The van der Waals surface area contributed by atoms with Crippen molar-refractivity contribution in [2.75, 3.05) is 5.32 Å². The number of thiophene rings is 1. The highest BCUT2D eigenvalue weighted by Gasteiger charge is 2.33. The molecular weight excluding hydrogens is 474 g/mol. The van der Waals surface area contributed by atoms with Gasteiger partial charge in [0.05, 0.1) is 17.5 Å². The van der Waals surface area contributed by atoms with Crippen LogP contribution in [-0.4, -0.2) is 39.6 Å². The van der Waals surface area contributed by atoms with Crippen LogP contribution in [0.4, 0.5) is 5.69 Å². The lowest BCUT2D eigenvalue weighted by molar-refractivity contribution is -0.117. The second-order valence-electron chi connectivity index (χ2n) is 8.74. The number of fused-ring (bicyclic) bond motifs is 2. The summed E-state index contributed by atoms with van der Waals surface area (Å²) in [6.07, 6.45) is -0.395. The molecule has 0 saturated carbocycles. The lowest BCUT2D eigenvalue weighted by atomic mass is 10.0. The summed E-state index contributed by atoms with van der Waals surface area (Å²) >= 11 is 1.52. The Balaban J connectivity index is 1.41. The Kier molecular flexibility index (Phi) is 5.61. The average Bonchev–Trinajstić information content (AvgIpc) is 3.52. The third-order valence-electron chi connectivity index (χ3n) is 6.25. The van der Waals surface area contributed by atoms with E-state index in [1.165, 1.54) is 11.3 Å². The summed E-state index contributed by atoms with van der Waals surface area (Å²) in [7, 11) is 0. The zero-order valence-electron chi connectivity index (χ0n) is 19.5. The van der Waals surface area contributed by atoms with Gasteiger partial charge in [-0.05, 0) is 24.4 Å². The second kappa shape index (κ2) is 9.09. The molecule has 0 bridgehead atoms. The van der Waals surface area contributed by atoms with E-state index < -0.39 is 18.0 Å². The van der Waals surface area contributed by atoms with Gasteiger partial charge in [-0.3, -0.25) is 9.59 Å². The number of aryl methyl sites for hydroxylation is 1. The fraction of sp³-hybridized carbons (Fsp3) is 0.185. The minimum atomic E-state index is -1.15. The first-order valence-corrected chi connectivity index (χ1v) is 12.7. The van der Waals surface area contributed by atoms with Crippen molar-refractivity contribution in [2.45, 2.75) is 32.2 Å². The van der Waals surface area contributed by atoms with E-state index in [0.29, 0.717) is 35.1 Å². The number of carbonyl (C=O) groups excluding carboxylic acids is 2.